The molecule has 2 aliphatic rings. The molecule has 4 aromatic heterocycles. The summed E-state index contributed by atoms with van der Waals surface area (Å²) in [5, 5.41) is 26.6. The number of hydrogen-bond acceptors (Lipinski definition) is 7. The lowest BCUT2D eigenvalue weighted by Crippen LogP contribution is -2.53. The molecule has 1 saturated heterocycles. The van der Waals surface area contributed by atoms with E-state index in [1.807, 2.05) is 31.5 Å². The number of carbonyl (C=O) groups is 1. The summed E-state index contributed by atoms with van der Waals surface area (Å²) in [5.41, 5.74) is 3.19. The van der Waals surface area contributed by atoms with Gasteiger partial charge in [-0.15, -0.1) is 0 Å². The standard InChI is InChI=1S/C31H29FN8O/c1-30(38-29(41)27-25(32)3-2-12-35-27)10-13-39(14-11-30)26-5-4-22(17-36-26)24-15-21(6-7-31(20-34)8-9-31)19-40-28(24)23(16-33)18-37-40/h2-5,12,15,17-19H,6-11,13-14H2,1H3,(H,38,41). The lowest BCUT2D eigenvalue weighted by atomic mass is 9.89. The van der Waals surface area contributed by atoms with Crippen molar-refractivity contribution in [1.29, 1.82) is 10.5 Å². The molecule has 2 fully saturated rings. The third kappa shape index (κ3) is 5.21. The largest absolute Gasteiger partial charge is 0.356 e. The molecule has 10 heteroatoms. The number of amides is 1. The molecule has 1 saturated carbocycles. The average molecular weight is 549 g/mol. The molecule has 0 spiro atoms. The summed E-state index contributed by atoms with van der Waals surface area (Å²) in [6, 6.07) is 13.5. The Kier molecular flexibility index (Phi) is 6.63. The molecule has 0 unspecified atom stereocenters. The van der Waals surface area contributed by atoms with E-state index in [1.165, 1.54) is 18.3 Å². The zero-order valence-electron chi connectivity index (χ0n) is 22.8. The molecular formula is C31H29FN8O. The number of halogens is 1. The van der Waals surface area contributed by atoms with Gasteiger partial charge in [-0.2, -0.15) is 15.6 Å². The van der Waals surface area contributed by atoms with E-state index in [0.717, 1.165) is 53.7 Å². The van der Waals surface area contributed by atoms with Crippen LogP contribution < -0.4 is 10.2 Å². The topological polar surface area (TPSA) is 123 Å². The van der Waals surface area contributed by atoms with E-state index in [0.29, 0.717) is 31.5 Å². The van der Waals surface area contributed by atoms with Crippen LogP contribution in [0.4, 0.5) is 10.2 Å². The van der Waals surface area contributed by atoms with Gasteiger partial charge in [0.05, 0.1) is 28.8 Å². The summed E-state index contributed by atoms with van der Waals surface area (Å²) in [7, 11) is 0. The van der Waals surface area contributed by atoms with Gasteiger partial charge in [0.15, 0.2) is 11.5 Å². The first-order chi connectivity index (χ1) is 19.8. The summed E-state index contributed by atoms with van der Waals surface area (Å²) in [6.07, 6.45) is 11.6. The SMILES string of the molecule is CC1(NC(=O)c2ncccc2F)CCN(c2ccc(-c3cc(CCC4(C#N)CC4)cn4ncc(C#N)c34)cn2)CC1. The summed E-state index contributed by atoms with van der Waals surface area (Å²) >= 11 is 0. The zero-order valence-corrected chi connectivity index (χ0v) is 22.8. The highest BCUT2D eigenvalue weighted by Crippen LogP contribution is 2.48. The average Bonchev–Trinajstić information content (AvgIpc) is 3.66. The lowest BCUT2D eigenvalue weighted by molar-refractivity contribution is 0.0881. The van der Waals surface area contributed by atoms with Gasteiger partial charge in [0, 0.05) is 48.3 Å². The Hall–Kier alpha value is -4.83. The van der Waals surface area contributed by atoms with Crippen LogP contribution in [0.15, 0.2) is 55.1 Å². The van der Waals surface area contributed by atoms with Crippen molar-refractivity contribution in [3.8, 4) is 23.3 Å². The minimum absolute atomic E-state index is 0.192. The van der Waals surface area contributed by atoms with Crippen LogP contribution in [0, 0.1) is 33.9 Å². The second-order valence-electron chi connectivity index (χ2n) is 11.4. The first-order valence-corrected chi connectivity index (χ1v) is 13.8. The maximum absolute atomic E-state index is 14.0. The molecule has 0 aromatic carbocycles. The number of aromatic nitrogens is 4. The number of nitrogens with zero attached hydrogens (tertiary/aromatic N) is 7. The lowest BCUT2D eigenvalue weighted by Gasteiger charge is -2.40. The van der Waals surface area contributed by atoms with Crippen molar-refractivity contribution in [1.82, 2.24) is 24.9 Å². The monoisotopic (exact) mass is 548 g/mol. The molecule has 1 amide bonds. The van der Waals surface area contributed by atoms with Gasteiger partial charge in [-0.05, 0) is 81.3 Å². The molecule has 5 heterocycles. The number of hydrogen-bond donors (Lipinski definition) is 1. The molecule has 1 aliphatic carbocycles. The van der Waals surface area contributed by atoms with Gasteiger partial charge < -0.3 is 10.2 Å². The van der Waals surface area contributed by atoms with Crippen LogP contribution in [0.25, 0.3) is 16.6 Å². The van der Waals surface area contributed by atoms with E-state index >= 15 is 0 Å². The number of rotatable bonds is 7. The summed E-state index contributed by atoms with van der Waals surface area (Å²) in [5.74, 6) is -0.319. The van der Waals surface area contributed by atoms with Crippen LogP contribution in [-0.4, -0.2) is 44.1 Å². The fourth-order valence-electron chi connectivity index (χ4n) is 5.54. The van der Waals surface area contributed by atoms with E-state index in [4.69, 9.17) is 4.98 Å². The molecule has 1 N–H and O–H groups in total. The predicted molar refractivity (Wildman–Crippen MR) is 150 cm³/mol. The molecule has 0 radical (unpaired) electrons. The summed E-state index contributed by atoms with van der Waals surface area (Å²) < 4.78 is 15.8. The van der Waals surface area contributed by atoms with Gasteiger partial charge >= 0.3 is 0 Å². The first-order valence-electron chi connectivity index (χ1n) is 13.8. The van der Waals surface area contributed by atoms with E-state index in [-0.39, 0.29) is 11.1 Å². The number of fused-ring (bicyclic) bond motifs is 1. The second-order valence-corrected chi connectivity index (χ2v) is 11.4. The number of piperidine rings is 1. The number of anilines is 1. The van der Waals surface area contributed by atoms with E-state index < -0.39 is 17.3 Å². The maximum atomic E-state index is 14.0. The van der Waals surface area contributed by atoms with Gasteiger partial charge in [0.2, 0.25) is 0 Å². The van der Waals surface area contributed by atoms with Crippen LogP contribution in [0.2, 0.25) is 0 Å². The van der Waals surface area contributed by atoms with Crippen LogP contribution >= 0.6 is 0 Å². The number of nitriles is 2. The third-order valence-electron chi connectivity index (χ3n) is 8.41. The Morgan fingerprint density at radius 3 is 2.59 bits per heavy atom. The van der Waals surface area contributed by atoms with Crippen molar-refractivity contribution in [3.05, 3.63) is 77.8 Å². The zero-order chi connectivity index (χ0) is 28.6. The molecule has 0 bridgehead atoms. The Morgan fingerprint density at radius 1 is 1.12 bits per heavy atom. The van der Waals surface area contributed by atoms with Crippen LogP contribution in [-0.2, 0) is 6.42 Å². The van der Waals surface area contributed by atoms with Crippen molar-refractivity contribution < 1.29 is 9.18 Å². The Balaban J connectivity index is 1.18. The van der Waals surface area contributed by atoms with Crippen molar-refractivity contribution in [2.45, 2.75) is 51.0 Å². The fourth-order valence-corrected chi connectivity index (χ4v) is 5.54. The number of pyridine rings is 3. The predicted octanol–water partition coefficient (Wildman–Crippen LogP) is 4.83. The van der Waals surface area contributed by atoms with Gasteiger partial charge in [-0.3, -0.25) is 4.79 Å². The smallest absolute Gasteiger partial charge is 0.273 e. The van der Waals surface area contributed by atoms with Crippen LogP contribution in [0.1, 0.15) is 60.6 Å². The second kappa shape index (κ2) is 10.3. The Morgan fingerprint density at radius 2 is 1.93 bits per heavy atom. The number of carbonyl (C=O) groups excluding carboxylic acids is 1. The van der Waals surface area contributed by atoms with Crippen LogP contribution in [0.3, 0.4) is 0 Å². The van der Waals surface area contributed by atoms with Gasteiger partial charge in [-0.25, -0.2) is 18.9 Å². The summed E-state index contributed by atoms with van der Waals surface area (Å²) in [6.45, 7) is 3.32. The van der Waals surface area contributed by atoms with Crippen molar-refractivity contribution >= 4 is 17.2 Å². The molecule has 206 valence electrons. The highest BCUT2D eigenvalue weighted by Gasteiger charge is 2.42. The van der Waals surface area contributed by atoms with Gasteiger partial charge in [-0.1, -0.05) is 0 Å². The van der Waals surface area contributed by atoms with Gasteiger partial charge in [0.25, 0.3) is 5.91 Å². The number of nitrogens with one attached hydrogen (secondary N) is 1. The Bertz CT molecular complexity index is 1700. The minimum Gasteiger partial charge on any atom is -0.356 e. The molecular weight excluding hydrogens is 519 g/mol. The quantitative estimate of drug-likeness (QED) is 0.351. The van der Waals surface area contributed by atoms with Crippen molar-refractivity contribution in [2.24, 2.45) is 5.41 Å². The molecule has 0 atom stereocenters. The van der Waals surface area contributed by atoms with E-state index in [1.54, 1.807) is 10.7 Å². The molecule has 9 nitrogen and oxygen atoms in total. The molecule has 6 rings (SSSR count). The minimum atomic E-state index is -0.634. The third-order valence-corrected chi connectivity index (χ3v) is 8.41. The molecule has 4 aromatic rings. The molecule has 41 heavy (non-hydrogen) atoms. The van der Waals surface area contributed by atoms with E-state index in [9.17, 15) is 19.7 Å². The van der Waals surface area contributed by atoms with Crippen LogP contribution in [0.5, 0.6) is 0 Å². The maximum Gasteiger partial charge on any atom is 0.273 e. The molecule has 1 aliphatic heterocycles. The normalized spacial score (nSPS) is 17.0. The first kappa shape index (κ1) is 26.4. The number of aryl methyl sites for hydroxylation is 1. The van der Waals surface area contributed by atoms with Crippen molar-refractivity contribution in [2.75, 3.05) is 18.0 Å². The highest BCUT2D eigenvalue weighted by atomic mass is 19.1. The van der Waals surface area contributed by atoms with E-state index in [2.05, 4.69) is 38.5 Å². The van der Waals surface area contributed by atoms with Crippen molar-refractivity contribution in [3.63, 3.8) is 0 Å². The highest BCUT2D eigenvalue weighted by molar-refractivity contribution is 5.93. The Labute approximate surface area is 237 Å². The van der Waals surface area contributed by atoms with Gasteiger partial charge in [0.1, 0.15) is 11.9 Å². The fraction of sp³-hybridized carbons (Fsp3) is 0.355. The summed E-state index contributed by atoms with van der Waals surface area (Å²) in [4.78, 5) is 23.4.